The number of likely N-dealkylation sites (N-methyl/N-ethyl adjacent to an activating group) is 1. The van der Waals surface area contributed by atoms with Crippen molar-refractivity contribution in [1.29, 1.82) is 0 Å². The number of nitrogens with zero attached hydrogens (tertiary/aromatic N) is 2. The summed E-state index contributed by atoms with van der Waals surface area (Å²) in [5.74, 6) is -1.07. The average Bonchev–Trinajstić information content (AvgIpc) is 2.92. The van der Waals surface area contributed by atoms with Gasteiger partial charge in [-0.15, -0.1) is 0 Å². The summed E-state index contributed by atoms with van der Waals surface area (Å²) < 4.78 is 0. The number of urea groups is 1. The molecule has 2 saturated heterocycles. The lowest BCUT2D eigenvalue weighted by Crippen LogP contribution is -2.49. The van der Waals surface area contributed by atoms with Crippen LogP contribution in [0.1, 0.15) is 19.3 Å². The van der Waals surface area contributed by atoms with E-state index < -0.39 is 24.1 Å². The SMILES string of the molecule is CN1CCCC1CNC(=O)N1C[C@H](O)C[C@@H]1C(=O)O. The maximum absolute atomic E-state index is 12.0. The number of hydrogen-bond acceptors (Lipinski definition) is 4. The highest BCUT2D eigenvalue weighted by Gasteiger charge is 2.39. The molecule has 2 fully saturated rings. The number of carboxylic acids is 1. The van der Waals surface area contributed by atoms with E-state index in [0.717, 1.165) is 19.4 Å². The third-order valence-corrected chi connectivity index (χ3v) is 3.99. The van der Waals surface area contributed by atoms with E-state index >= 15 is 0 Å². The van der Waals surface area contributed by atoms with Gasteiger partial charge < -0.3 is 25.3 Å². The predicted molar refractivity (Wildman–Crippen MR) is 67.8 cm³/mol. The summed E-state index contributed by atoms with van der Waals surface area (Å²) in [4.78, 5) is 26.4. The van der Waals surface area contributed by atoms with Gasteiger partial charge in [-0.2, -0.15) is 0 Å². The summed E-state index contributed by atoms with van der Waals surface area (Å²) in [6.07, 6.45) is 1.52. The molecule has 2 aliphatic heterocycles. The van der Waals surface area contributed by atoms with Gasteiger partial charge in [0, 0.05) is 25.6 Å². The van der Waals surface area contributed by atoms with Crippen LogP contribution in [0.5, 0.6) is 0 Å². The lowest BCUT2D eigenvalue weighted by Gasteiger charge is -2.24. The minimum absolute atomic E-state index is 0.0866. The van der Waals surface area contributed by atoms with E-state index in [1.54, 1.807) is 0 Å². The van der Waals surface area contributed by atoms with E-state index in [1.165, 1.54) is 4.90 Å². The van der Waals surface area contributed by atoms with Crippen LogP contribution in [0.4, 0.5) is 4.79 Å². The number of aliphatic hydroxyl groups is 1. The van der Waals surface area contributed by atoms with Gasteiger partial charge in [-0.1, -0.05) is 0 Å². The molecule has 0 aromatic carbocycles. The monoisotopic (exact) mass is 271 g/mol. The minimum Gasteiger partial charge on any atom is -0.480 e. The van der Waals surface area contributed by atoms with Crippen LogP contribution >= 0.6 is 0 Å². The Hall–Kier alpha value is -1.34. The molecule has 108 valence electrons. The summed E-state index contributed by atoms with van der Waals surface area (Å²) in [6, 6.07) is -1.000. The number of aliphatic hydroxyl groups excluding tert-OH is 1. The zero-order chi connectivity index (χ0) is 14.0. The first-order chi connectivity index (χ1) is 8.99. The van der Waals surface area contributed by atoms with Crippen LogP contribution in [0.25, 0.3) is 0 Å². The van der Waals surface area contributed by atoms with Gasteiger partial charge in [0.2, 0.25) is 0 Å². The lowest BCUT2D eigenvalue weighted by molar-refractivity contribution is -0.141. The smallest absolute Gasteiger partial charge is 0.326 e. The van der Waals surface area contributed by atoms with Gasteiger partial charge in [0.05, 0.1) is 6.10 Å². The van der Waals surface area contributed by atoms with Crippen LogP contribution in [0.3, 0.4) is 0 Å². The van der Waals surface area contributed by atoms with Crippen molar-refractivity contribution in [1.82, 2.24) is 15.1 Å². The van der Waals surface area contributed by atoms with Gasteiger partial charge in [-0.3, -0.25) is 0 Å². The second-order valence-electron chi connectivity index (χ2n) is 5.36. The topological polar surface area (TPSA) is 93.1 Å². The van der Waals surface area contributed by atoms with E-state index in [-0.39, 0.29) is 13.0 Å². The molecule has 2 amide bonds. The summed E-state index contributed by atoms with van der Waals surface area (Å²) in [5, 5.41) is 21.3. The zero-order valence-corrected chi connectivity index (χ0v) is 11.1. The normalized spacial score (nSPS) is 31.7. The Bertz CT molecular complexity index is 363. The maximum atomic E-state index is 12.0. The Balaban J connectivity index is 1.86. The number of carbonyl (C=O) groups is 2. The number of rotatable bonds is 3. The fourth-order valence-electron chi connectivity index (χ4n) is 2.82. The maximum Gasteiger partial charge on any atom is 0.326 e. The Morgan fingerprint density at radius 3 is 2.74 bits per heavy atom. The van der Waals surface area contributed by atoms with Crippen LogP contribution < -0.4 is 5.32 Å². The first-order valence-corrected chi connectivity index (χ1v) is 6.64. The molecule has 19 heavy (non-hydrogen) atoms. The first-order valence-electron chi connectivity index (χ1n) is 6.64. The van der Waals surface area contributed by atoms with Crippen molar-refractivity contribution in [3.05, 3.63) is 0 Å². The molecule has 0 aromatic rings. The van der Waals surface area contributed by atoms with E-state index in [2.05, 4.69) is 10.2 Å². The van der Waals surface area contributed by atoms with Gasteiger partial charge in [-0.05, 0) is 26.4 Å². The van der Waals surface area contributed by atoms with Crippen molar-refractivity contribution < 1.29 is 19.8 Å². The number of carbonyl (C=O) groups excluding carboxylic acids is 1. The first kappa shape index (κ1) is 14.1. The highest BCUT2D eigenvalue weighted by molar-refractivity contribution is 5.83. The Labute approximate surface area is 112 Å². The zero-order valence-electron chi connectivity index (χ0n) is 11.1. The van der Waals surface area contributed by atoms with Gasteiger partial charge in [0.15, 0.2) is 0 Å². The molecule has 0 radical (unpaired) electrons. The molecule has 3 N–H and O–H groups in total. The lowest BCUT2D eigenvalue weighted by atomic mass is 10.2. The van der Waals surface area contributed by atoms with Crippen LogP contribution in [-0.4, -0.2) is 76.9 Å². The van der Waals surface area contributed by atoms with E-state index in [1.807, 2.05) is 7.05 Å². The van der Waals surface area contributed by atoms with Crippen molar-refractivity contribution >= 4 is 12.0 Å². The van der Waals surface area contributed by atoms with E-state index in [9.17, 15) is 14.7 Å². The third kappa shape index (κ3) is 3.16. The van der Waals surface area contributed by atoms with Crippen LogP contribution in [0.2, 0.25) is 0 Å². The fourth-order valence-corrected chi connectivity index (χ4v) is 2.82. The molecule has 7 heteroatoms. The number of β-amino-alcohol motifs (C(OH)–C–C–N with tert-alkyl or cyclic N) is 1. The molecule has 2 aliphatic rings. The molecule has 2 heterocycles. The number of likely N-dealkylation sites (tertiary alicyclic amines) is 2. The third-order valence-electron chi connectivity index (χ3n) is 3.99. The van der Waals surface area contributed by atoms with Crippen molar-refractivity contribution in [3.63, 3.8) is 0 Å². The summed E-state index contributed by atoms with van der Waals surface area (Å²) in [7, 11) is 2.02. The molecule has 3 atom stereocenters. The van der Waals surface area contributed by atoms with Gasteiger partial charge >= 0.3 is 12.0 Å². The highest BCUT2D eigenvalue weighted by atomic mass is 16.4. The number of nitrogens with one attached hydrogen (secondary N) is 1. The second-order valence-corrected chi connectivity index (χ2v) is 5.36. The quantitative estimate of drug-likeness (QED) is 0.632. The van der Waals surface area contributed by atoms with Crippen LogP contribution in [-0.2, 0) is 4.79 Å². The van der Waals surface area contributed by atoms with Gasteiger partial charge in [-0.25, -0.2) is 9.59 Å². The van der Waals surface area contributed by atoms with Gasteiger partial charge in [0.1, 0.15) is 6.04 Å². The van der Waals surface area contributed by atoms with Crippen molar-refractivity contribution in [2.75, 3.05) is 26.7 Å². The molecule has 0 aromatic heterocycles. The molecule has 0 spiro atoms. The van der Waals surface area contributed by atoms with E-state index in [4.69, 9.17) is 5.11 Å². The standard InChI is InChI=1S/C12H21N3O4/c1-14-4-2-3-8(14)6-13-12(19)15-7-9(16)5-10(15)11(17)18/h8-10,16H,2-7H2,1H3,(H,13,19)(H,17,18)/t8?,9-,10-/m1/s1. The number of amides is 2. The van der Waals surface area contributed by atoms with Crippen molar-refractivity contribution in [2.45, 2.75) is 37.5 Å². The number of carboxylic acid groups (broad SMARTS) is 1. The molecule has 1 unspecified atom stereocenters. The molecule has 2 rings (SSSR count). The fraction of sp³-hybridized carbons (Fsp3) is 0.833. The average molecular weight is 271 g/mol. The van der Waals surface area contributed by atoms with Crippen LogP contribution in [0, 0.1) is 0 Å². The Morgan fingerprint density at radius 1 is 1.42 bits per heavy atom. The van der Waals surface area contributed by atoms with E-state index in [0.29, 0.717) is 12.6 Å². The Kier molecular flexibility index (Phi) is 4.26. The van der Waals surface area contributed by atoms with Gasteiger partial charge in [0.25, 0.3) is 0 Å². The van der Waals surface area contributed by atoms with Crippen molar-refractivity contribution in [2.24, 2.45) is 0 Å². The largest absolute Gasteiger partial charge is 0.480 e. The molecule has 0 bridgehead atoms. The molecule has 0 saturated carbocycles. The molecular weight excluding hydrogens is 250 g/mol. The Morgan fingerprint density at radius 2 is 2.16 bits per heavy atom. The number of hydrogen-bond donors (Lipinski definition) is 3. The van der Waals surface area contributed by atoms with Crippen molar-refractivity contribution in [3.8, 4) is 0 Å². The molecule has 7 nitrogen and oxygen atoms in total. The predicted octanol–water partition coefficient (Wildman–Crippen LogP) is -0.690. The minimum atomic E-state index is -1.07. The highest BCUT2D eigenvalue weighted by Crippen LogP contribution is 2.18. The number of aliphatic carboxylic acids is 1. The summed E-state index contributed by atoms with van der Waals surface area (Å²) in [5.41, 5.74) is 0. The second kappa shape index (κ2) is 5.75. The molecule has 0 aliphatic carbocycles. The summed E-state index contributed by atoms with van der Waals surface area (Å²) in [6.45, 7) is 1.64. The summed E-state index contributed by atoms with van der Waals surface area (Å²) >= 11 is 0. The molecular formula is C12H21N3O4. The van der Waals surface area contributed by atoms with Crippen LogP contribution in [0.15, 0.2) is 0 Å².